The molecule has 0 aliphatic rings. The van der Waals surface area contributed by atoms with Crippen molar-refractivity contribution in [2.75, 3.05) is 0 Å². The van der Waals surface area contributed by atoms with E-state index in [0.717, 1.165) is 4.68 Å². The minimum absolute atomic E-state index is 0.124. The summed E-state index contributed by atoms with van der Waals surface area (Å²) in [7, 11) is 0. The molecule has 6 heteroatoms. The highest BCUT2D eigenvalue weighted by Gasteiger charge is 2.05. The summed E-state index contributed by atoms with van der Waals surface area (Å²) in [4.78, 5) is 16.3. The van der Waals surface area contributed by atoms with Gasteiger partial charge in [0, 0.05) is 5.56 Å². The van der Waals surface area contributed by atoms with E-state index in [0.29, 0.717) is 10.9 Å². The number of halogens is 2. The zero-order chi connectivity index (χ0) is 14.8. The predicted octanol–water partition coefficient (Wildman–Crippen LogP) is 3.07. The van der Waals surface area contributed by atoms with Gasteiger partial charge in [0.1, 0.15) is 12.1 Å². The molecule has 0 spiro atoms. The van der Waals surface area contributed by atoms with E-state index in [1.54, 1.807) is 30.3 Å². The van der Waals surface area contributed by atoms with Crippen LogP contribution in [0.25, 0.3) is 10.9 Å². The lowest BCUT2D eigenvalue weighted by Crippen LogP contribution is -2.17. The van der Waals surface area contributed by atoms with Gasteiger partial charge in [0.2, 0.25) is 0 Å². The van der Waals surface area contributed by atoms with Crippen LogP contribution in [0.5, 0.6) is 0 Å². The molecule has 0 aliphatic heterocycles. The Kier molecular flexibility index (Phi) is 3.50. The van der Waals surface area contributed by atoms with Crippen LogP contribution in [0, 0.1) is 5.82 Å². The van der Waals surface area contributed by atoms with Crippen molar-refractivity contribution in [1.82, 2.24) is 9.66 Å². The topological polar surface area (TPSA) is 47.2 Å². The Bertz CT molecular complexity index is 885. The van der Waals surface area contributed by atoms with Gasteiger partial charge in [-0.2, -0.15) is 9.78 Å². The number of fused-ring (bicyclic) bond motifs is 1. The van der Waals surface area contributed by atoms with Gasteiger partial charge in [-0.3, -0.25) is 4.79 Å². The molecule has 0 radical (unpaired) electrons. The number of hydrogen-bond acceptors (Lipinski definition) is 3. The summed E-state index contributed by atoms with van der Waals surface area (Å²) < 4.78 is 14.7. The van der Waals surface area contributed by atoms with Gasteiger partial charge < -0.3 is 0 Å². The van der Waals surface area contributed by atoms with E-state index in [4.69, 9.17) is 11.6 Å². The van der Waals surface area contributed by atoms with Crippen molar-refractivity contribution in [2.24, 2.45) is 5.10 Å². The van der Waals surface area contributed by atoms with Crippen LogP contribution in [0.4, 0.5) is 4.39 Å². The fourth-order valence-electron chi connectivity index (χ4n) is 1.90. The van der Waals surface area contributed by atoms with Gasteiger partial charge in [-0.25, -0.2) is 9.37 Å². The lowest BCUT2D eigenvalue weighted by molar-refractivity contribution is 0.625. The predicted molar refractivity (Wildman–Crippen MR) is 80.4 cm³/mol. The van der Waals surface area contributed by atoms with Crippen LogP contribution in [-0.2, 0) is 0 Å². The number of para-hydroxylation sites is 1. The molecule has 4 nitrogen and oxygen atoms in total. The largest absolute Gasteiger partial charge is 0.281 e. The number of benzene rings is 2. The second-order valence-electron chi connectivity index (χ2n) is 4.29. The molecule has 0 saturated heterocycles. The third-order valence-electron chi connectivity index (χ3n) is 2.96. The highest BCUT2D eigenvalue weighted by atomic mass is 35.5. The van der Waals surface area contributed by atoms with Crippen LogP contribution in [-0.4, -0.2) is 15.9 Å². The lowest BCUT2D eigenvalue weighted by Gasteiger charge is -2.01. The maximum atomic E-state index is 13.6. The van der Waals surface area contributed by atoms with Gasteiger partial charge >= 0.3 is 0 Å². The van der Waals surface area contributed by atoms with Crippen LogP contribution in [0.3, 0.4) is 0 Å². The highest BCUT2D eigenvalue weighted by Crippen LogP contribution is 2.16. The molecule has 0 atom stereocenters. The minimum atomic E-state index is -0.506. The monoisotopic (exact) mass is 301 g/mol. The van der Waals surface area contributed by atoms with Gasteiger partial charge in [0.05, 0.1) is 22.1 Å². The fraction of sp³-hybridized carbons (Fsp3) is 0. The van der Waals surface area contributed by atoms with Crippen LogP contribution in [0.2, 0.25) is 5.02 Å². The zero-order valence-electron chi connectivity index (χ0n) is 10.7. The van der Waals surface area contributed by atoms with Crippen LogP contribution < -0.4 is 5.56 Å². The van der Waals surface area contributed by atoms with E-state index in [-0.39, 0.29) is 16.1 Å². The van der Waals surface area contributed by atoms with Crippen molar-refractivity contribution in [2.45, 2.75) is 0 Å². The molecule has 1 aromatic heterocycles. The van der Waals surface area contributed by atoms with Gasteiger partial charge in [-0.15, -0.1) is 0 Å². The molecule has 1 heterocycles. The molecule has 0 amide bonds. The molecule has 0 unspecified atom stereocenters. The summed E-state index contributed by atoms with van der Waals surface area (Å²) in [5, 5.41) is 4.60. The van der Waals surface area contributed by atoms with E-state index in [1.165, 1.54) is 24.7 Å². The van der Waals surface area contributed by atoms with E-state index in [9.17, 15) is 9.18 Å². The van der Waals surface area contributed by atoms with Crippen molar-refractivity contribution in [1.29, 1.82) is 0 Å². The van der Waals surface area contributed by atoms with Crippen molar-refractivity contribution in [3.05, 3.63) is 75.5 Å². The maximum Gasteiger partial charge on any atom is 0.281 e. The molecule has 21 heavy (non-hydrogen) atoms. The molecule has 0 fully saturated rings. The average molecular weight is 302 g/mol. The molecular formula is C15H9ClFN3O. The highest BCUT2D eigenvalue weighted by molar-refractivity contribution is 6.33. The fourth-order valence-corrected chi connectivity index (χ4v) is 2.11. The third-order valence-corrected chi connectivity index (χ3v) is 3.29. The molecule has 0 saturated carbocycles. The van der Waals surface area contributed by atoms with Gasteiger partial charge in [-0.05, 0) is 24.3 Å². The summed E-state index contributed by atoms with van der Waals surface area (Å²) in [6, 6.07) is 11.3. The minimum Gasteiger partial charge on any atom is -0.267 e. The lowest BCUT2D eigenvalue weighted by atomic mass is 10.2. The Hall–Kier alpha value is -2.53. The first-order chi connectivity index (χ1) is 10.2. The second kappa shape index (κ2) is 5.46. The Morgan fingerprint density at radius 1 is 1.19 bits per heavy atom. The van der Waals surface area contributed by atoms with E-state index < -0.39 is 5.82 Å². The summed E-state index contributed by atoms with van der Waals surface area (Å²) in [5.74, 6) is -0.506. The molecule has 104 valence electrons. The van der Waals surface area contributed by atoms with Crippen LogP contribution in [0.15, 0.2) is 58.7 Å². The number of hydrogen-bond donors (Lipinski definition) is 0. The SMILES string of the molecule is O=c1c2ccccc2ncn1/N=C/c1c(F)cccc1Cl. The van der Waals surface area contributed by atoms with Crippen molar-refractivity contribution in [3.8, 4) is 0 Å². The zero-order valence-corrected chi connectivity index (χ0v) is 11.5. The molecule has 0 bridgehead atoms. The van der Waals surface area contributed by atoms with Gasteiger partial charge in [0.15, 0.2) is 0 Å². The first-order valence-electron chi connectivity index (χ1n) is 6.11. The standard InChI is InChI=1S/C15H9ClFN3O/c16-12-5-3-6-13(17)11(12)8-19-20-9-18-14-7-2-1-4-10(14)15(20)21/h1-9H/b19-8+. The third kappa shape index (κ3) is 2.55. The molecule has 3 rings (SSSR count). The maximum absolute atomic E-state index is 13.6. The van der Waals surface area contributed by atoms with E-state index in [1.807, 2.05) is 0 Å². The molecule has 2 aromatic carbocycles. The van der Waals surface area contributed by atoms with Crippen LogP contribution >= 0.6 is 11.6 Å². The first kappa shape index (κ1) is 13.5. The number of nitrogens with zero attached hydrogens (tertiary/aromatic N) is 3. The molecule has 0 N–H and O–H groups in total. The van der Waals surface area contributed by atoms with Gasteiger partial charge in [-0.1, -0.05) is 29.8 Å². The summed E-state index contributed by atoms with van der Waals surface area (Å²) in [5.41, 5.74) is 0.376. The Balaban J connectivity index is 2.08. The molecule has 3 aromatic rings. The summed E-state index contributed by atoms with van der Waals surface area (Å²) in [6.07, 6.45) is 2.49. The Morgan fingerprint density at radius 2 is 2.00 bits per heavy atom. The smallest absolute Gasteiger partial charge is 0.267 e. The van der Waals surface area contributed by atoms with Crippen LogP contribution in [0.1, 0.15) is 5.56 Å². The van der Waals surface area contributed by atoms with Crippen molar-refractivity contribution in [3.63, 3.8) is 0 Å². The average Bonchev–Trinajstić information content (AvgIpc) is 2.49. The Morgan fingerprint density at radius 3 is 2.81 bits per heavy atom. The van der Waals surface area contributed by atoms with Gasteiger partial charge in [0.25, 0.3) is 5.56 Å². The first-order valence-corrected chi connectivity index (χ1v) is 6.49. The van der Waals surface area contributed by atoms with E-state index >= 15 is 0 Å². The second-order valence-corrected chi connectivity index (χ2v) is 4.70. The molecular weight excluding hydrogens is 293 g/mol. The van der Waals surface area contributed by atoms with E-state index in [2.05, 4.69) is 10.1 Å². The Labute approximate surface area is 124 Å². The quantitative estimate of drug-likeness (QED) is 0.683. The number of aromatic nitrogens is 2. The van der Waals surface area contributed by atoms with Crippen molar-refractivity contribution >= 4 is 28.7 Å². The summed E-state index contributed by atoms with van der Waals surface area (Å²) in [6.45, 7) is 0. The normalized spacial score (nSPS) is 11.3. The van der Waals surface area contributed by atoms with Crippen molar-refractivity contribution < 1.29 is 4.39 Å². The summed E-state index contributed by atoms with van der Waals surface area (Å²) >= 11 is 5.90. The molecule has 0 aliphatic carbocycles. The number of rotatable bonds is 2.